The van der Waals surface area contributed by atoms with Crippen LogP contribution in [0.1, 0.15) is 19.4 Å². The molecule has 3 rings (SSSR count). The molecule has 0 aliphatic carbocycles. The minimum Gasteiger partial charge on any atom is -0.361 e. The predicted molar refractivity (Wildman–Crippen MR) is 91.7 cm³/mol. The van der Waals surface area contributed by atoms with Gasteiger partial charge in [-0.25, -0.2) is 0 Å². The molecule has 1 saturated heterocycles. The van der Waals surface area contributed by atoms with E-state index in [2.05, 4.69) is 33.3 Å². The Kier molecular flexibility index (Phi) is 4.66. The van der Waals surface area contributed by atoms with Gasteiger partial charge < -0.3 is 16.0 Å². The predicted octanol–water partition coefficient (Wildman–Crippen LogP) is 0.655. The molecule has 3 unspecified atom stereocenters. The number of carbonyl (C=O) groups excluding carboxylic acids is 1. The van der Waals surface area contributed by atoms with Crippen molar-refractivity contribution in [2.75, 3.05) is 6.54 Å². The van der Waals surface area contributed by atoms with Crippen LogP contribution in [0.5, 0.6) is 0 Å². The number of hydrogen-bond donors (Lipinski definition) is 5. The molecule has 1 aromatic carbocycles. The van der Waals surface area contributed by atoms with Crippen LogP contribution in [-0.4, -0.2) is 35.6 Å². The van der Waals surface area contributed by atoms with Crippen molar-refractivity contribution in [1.29, 1.82) is 0 Å². The van der Waals surface area contributed by atoms with Gasteiger partial charge in [-0.2, -0.15) is 0 Å². The van der Waals surface area contributed by atoms with Gasteiger partial charge in [0, 0.05) is 41.6 Å². The number of fused-ring (bicyclic) bond motifs is 1. The Morgan fingerprint density at radius 1 is 1.26 bits per heavy atom. The number of aromatic nitrogens is 1. The van der Waals surface area contributed by atoms with E-state index in [1.165, 1.54) is 10.9 Å². The molecule has 124 valence electrons. The molecule has 23 heavy (non-hydrogen) atoms. The third-order valence-corrected chi connectivity index (χ3v) is 4.78. The number of benzene rings is 1. The fourth-order valence-electron chi connectivity index (χ4n) is 3.46. The lowest BCUT2D eigenvalue weighted by molar-refractivity contribution is -0.123. The number of nitrogens with two attached hydrogens (primary N) is 1. The van der Waals surface area contributed by atoms with E-state index >= 15 is 0 Å². The highest BCUT2D eigenvalue weighted by Crippen LogP contribution is 2.19. The largest absolute Gasteiger partial charge is 0.361 e. The Bertz CT molecular complexity index is 672. The summed E-state index contributed by atoms with van der Waals surface area (Å²) < 4.78 is 0. The Balaban J connectivity index is 1.55. The van der Waals surface area contributed by atoms with Crippen LogP contribution in [0.3, 0.4) is 0 Å². The third-order valence-electron chi connectivity index (χ3n) is 4.78. The van der Waals surface area contributed by atoms with Gasteiger partial charge >= 0.3 is 0 Å². The lowest BCUT2D eigenvalue weighted by Crippen LogP contribution is -2.51. The van der Waals surface area contributed by atoms with E-state index in [9.17, 15) is 4.79 Å². The first-order valence-corrected chi connectivity index (χ1v) is 8.17. The standard InChI is InChI=1S/C17H25N5O/c1-10-15(11(2)22-21-10)16(18)17(23)19-8-7-12-9-20-14-6-4-3-5-13(12)14/h3-6,9-11,15-16,20-22H,7-8,18H2,1-2H3,(H,19,23). The van der Waals surface area contributed by atoms with E-state index in [0.29, 0.717) is 6.54 Å². The summed E-state index contributed by atoms with van der Waals surface area (Å²) in [5.41, 5.74) is 14.8. The smallest absolute Gasteiger partial charge is 0.237 e. The van der Waals surface area contributed by atoms with Crippen molar-refractivity contribution in [3.05, 3.63) is 36.0 Å². The van der Waals surface area contributed by atoms with Gasteiger partial charge in [0.25, 0.3) is 0 Å². The molecule has 3 atom stereocenters. The minimum atomic E-state index is -0.509. The number of para-hydroxylation sites is 1. The number of H-pyrrole nitrogens is 1. The number of aromatic amines is 1. The molecular formula is C17H25N5O. The zero-order chi connectivity index (χ0) is 16.4. The highest BCUT2D eigenvalue weighted by molar-refractivity contribution is 5.84. The van der Waals surface area contributed by atoms with E-state index < -0.39 is 6.04 Å². The van der Waals surface area contributed by atoms with Crippen molar-refractivity contribution < 1.29 is 4.79 Å². The molecule has 6 N–H and O–H groups in total. The molecule has 2 heterocycles. The number of hydrazine groups is 1. The first kappa shape index (κ1) is 16.0. The Morgan fingerprint density at radius 2 is 1.96 bits per heavy atom. The van der Waals surface area contributed by atoms with Gasteiger partial charge in [-0.05, 0) is 31.9 Å². The maximum absolute atomic E-state index is 12.3. The second kappa shape index (κ2) is 6.70. The fraction of sp³-hybridized carbons (Fsp3) is 0.471. The first-order chi connectivity index (χ1) is 11.1. The maximum atomic E-state index is 12.3. The molecule has 1 aliphatic rings. The van der Waals surface area contributed by atoms with Crippen molar-refractivity contribution in [3.8, 4) is 0 Å². The van der Waals surface area contributed by atoms with E-state index in [1.807, 2.05) is 32.2 Å². The van der Waals surface area contributed by atoms with Crippen LogP contribution in [0.25, 0.3) is 10.9 Å². The van der Waals surface area contributed by atoms with Crippen molar-refractivity contribution in [3.63, 3.8) is 0 Å². The van der Waals surface area contributed by atoms with Gasteiger partial charge in [-0.15, -0.1) is 0 Å². The van der Waals surface area contributed by atoms with Gasteiger partial charge in [0.15, 0.2) is 0 Å². The van der Waals surface area contributed by atoms with Crippen LogP contribution in [0, 0.1) is 5.92 Å². The number of amides is 1. The number of rotatable bonds is 5. The Morgan fingerprint density at radius 3 is 2.70 bits per heavy atom. The summed E-state index contributed by atoms with van der Waals surface area (Å²) in [6.07, 6.45) is 2.79. The SMILES string of the molecule is CC1NNC(C)C1C(N)C(=O)NCCc1c[nH]c2ccccc12. The van der Waals surface area contributed by atoms with Crippen LogP contribution >= 0.6 is 0 Å². The minimum absolute atomic E-state index is 0.0842. The van der Waals surface area contributed by atoms with Crippen molar-refractivity contribution >= 4 is 16.8 Å². The van der Waals surface area contributed by atoms with Crippen molar-refractivity contribution in [1.82, 2.24) is 21.2 Å². The van der Waals surface area contributed by atoms with E-state index in [-0.39, 0.29) is 23.9 Å². The average molecular weight is 315 g/mol. The van der Waals surface area contributed by atoms with Gasteiger partial charge in [0.1, 0.15) is 0 Å². The van der Waals surface area contributed by atoms with Crippen molar-refractivity contribution in [2.45, 2.75) is 38.4 Å². The van der Waals surface area contributed by atoms with Crippen LogP contribution in [0.2, 0.25) is 0 Å². The second-order valence-corrected chi connectivity index (χ2v) is 6.37. The molecule has 6 heteroatoms. The highest BCUT2D eigenvalue weighted by Gasteiger charge is 2.37. The van der Waals surface area contributed by atoms with Gasteiger partial charge in [0.2, 0.25) is 5.91 Å². The quantitative estimate of drug-likeness (QED) is 0.560. The molecule has 0 saturated carbocycles. The highest BCUT2D eigenvalue weighted by atomic mass is 16.2. The number of nitrogens with one attached hydrogen (secondary N) is 4. The van der Waals surface area contributed by atoms with Crippen LogP contribution in [0.4, 0.5) is 0 Å². The molecule has 0 spiro atoms. The Hall–Kier alpha value is -1.89. The van der Waals surface area contributed by atoms with Gasteiger partial charge in [-0.1, -0.05) is 18.2 Å². The number of hydrogen-bond acceptors (Lipinski definition) is 4. The summed E-state index contributed by atoms with van der Waals surface area (Å²) in [4.78, 5) is 15.6. The average Bonchev–Trinajstić information content (AvgIpc) is 3.10. The maximum Gasteiger partial charge on any atom is 0.237 e. The third kappa shape index (κ3) is 3.24. The molecular weight excluding hydrogens is 290 g/mol. The molecule has 1 fully saturated rings. The van der Waals surface area contributed by atoms with Crippen molar-refractivity contribution in [2.24, 2.45) is 11.7 Å². The molecule has 0 bridgehead atoms. The molecule has 2 aromatic rings. The summed E-state index contributed by atoms with van der Waals surface area (Å²) in [6, 6.07) is 8.03. The van der Waals surface area contributed by atoms with Crippen LogP contribution in [-0.2, 0) is 11.2 Å². The Labute approximate surface area is 136 Å². The molecule has 1 aromatic heterocycles. The summed E-state index contributed by atoms with van der Waals surface area (Å²) in [7, 11) is 0. The molecule has 0 radical (unpaired) electrons. The lowest BCUT2D eigenvalue weighted by atomic mass is 9.88. The molecule has 1 aliphatic heterocycles. The zero-order valence-electron chi connectivity index (χ0n) is 13.6. The summed E-state index contributed by atoms with van der Waals surface area (Å²) >= 11 is 0. The van der Waals surface area contributed by atoms with Crippen LogP contribution in [0.15, 0.2) is 30.5 Å². The van der Waals surface area contributed by atoms with Gasteiger partial charge in [-0.3, -0.25) is 15.6 Å². The van der Waals surface area contributed by atoms with Gasteiger partial charge in [0.05, 0.1) is 6.04 Å². The van der Waals surface area contributed by atoms with E-state index in [1.54, 1.807) is 0 Å². The van der Waals surface area contributed by atoms with E-state index in [4.69, 9.17) is 5.73 Å². The zero-order valence-corrected chi connectivity index (χ0v) is 13.6. The van der Waals surface area contributed by atoms with Crippen LogP contribution < -0.4 is 21.9 Å². The normalized spacial score (nSPS) is 25.6. The monoisotopic (exact) mass is 315 g/mol. The molecule has 1 amide bonds. The summed E-state index contributed by atoms with van der Waals surface area (Å²) in [6.45, 7) is 4.67. The summed E-state index contributed by atoms with van der Waals surface area (Å²) in [5.74, 6) is 0.00197. The first-order valence-electron chi connectivity index (χ1n) is 8.17. The number of carbonyl (C=O) groups is 1. The second-order valence-electron chi connectivity index (χ2n) is 6.37. The van der Waals surface area contributed by atoms with E-state index in [0.717, 1.165) is 11.9 Å². The fourth-order valence-corrected chi connectivity index (χ4v) is 3.46. The topological polar surface area (TPSA) is 95.0 Å². The summed E-state index contributed by atoms with van der Waals surface area (Å²) in [5, 5.41) is 4.18. The lowest BCUT2D eigenvalue weighted by Gasteiger charge is -2.24. The molecule has 6 nitrogen and oxygen atoms in total.